The highest BCUT2D eigenvalue weighted by atomic mass is 16.4. The molecule has 2 aliphatic carbocycles. The van der Waals surface area contributed by atoms with Crippen molar-refractivity contribution in [2.45, 2.75) is 32.1 Å². The van der Waals surface area contributed by atoms with Gasteiger partial charge in [0, 0.05) is 13.1 Å². The highest BCUT2D eigenvalue weighted by Crippen LogP contribution is 2.53. The van der Waals surface area contributed by atoms with Gasteiger partial charge in [0.25, 0.3) is 0 Å². The fourth-order valence-electron chi connectivity index (χ4n) is 5.78. The average Bonchev–Trinajstić information content (AvgIpc) is 3.09. The Morgan fingerprint density at radius 1 is 1.13 bits per heavy atom. The molecule has 0 radical (unpaired) electrons. The molecule has 2 N–H and O–H groups in total. The molecule has 2 aliphatic heterocycles. The van der Waals surface area contributed by atoms with Gasteiger partial charge in [0.05, 0.1) is 11.3 Å². The van der Waals surface area contributed by atoms with Gasteiger partial charge in [0.2, 0.25) is 0 Å². The SMILES string of the molecule is O=C(O)C1CCC2CC(C(=O)O)(C3CC4CCN(C4)C3)C=CC21. The van der Waals surface area contributed by atoms with Crippen LogP contribution in [0.3, 0.4) is 0 Å². The van der Waals surface area contributed by atoms with E-state index in [2.05, 4.69) is 4.90 Å². The van der Waals surface area contributed by atoms with Crippen LogP contribution >= 0.6 is 0 Å². The van der Waals surface area contributed by atoms with Gasteiger partial charge in [0.1, 0.15) is 0 Å². The predicted molar refractivity (Wildman–Crippen MR) is 83.8 cm³/mol. The molecular formula is C18H25NO4. The lowest BCUT2D eigenvalue weighted by atomic mass is 9.61. The number of carbonyl (C=O) groups is 2. The van der Waals surface area contributed by atoms with E-state index in [9.17, 15) is 19.8 Å². The van der Waals surface area contributed by atoms with E-state index >= 15 is 0 Å². The first-order valence-electron chi connectivity index (χ1n) is 8.87. The van der Waals surface area contributed by atoms with Crippen LogP contribution in [0.1, 0.15) is 32.1 Å². The molecule has 5 nitrogen and oxygen atoms in total. The summed E-state index contributed by atoms with van der Waals surface area (Å²) in [6.45, 7) is 3.11. The number of carboxylic acids is 2. The predicted octanol–water partition coefficient (Wildman–Crippen LogP) is 2.09. The monoisotopic (exact) mass is 319 g/mol. The third-order valence-electron chi connectivity index (χ3n) is 6.98. The van der Waals surface area contributed by atoms with Crippen LogP contribution in [0.25, 0.3) is 0 Å². The molecule has 5 heteroatoms. The van der Waals surface area contributed by atoms with Crippen molar-refractivity contribution in [3.05, 3.63) is 12.2 Å². The van der Waals surface area contributed by atoms with Crippen molar-refractivity contribution in [1.82, 2.24) is 4.90 Å². The van der Waals surface area contributed by atoms with E-state index in [1.807, 2.05) is 12.2 Å². The van der Waals surface area contributed by atoms with Crippen molar-refractivity contribution in [3.8, 4) is 0 Å². The van der Waals surface area contributed by atoms with Crippen LogP contribution in [0.2, 0.25) is 0 Å². The minimum atomic E-state index is -0.782. The second kappa shape index (κ2) is 5.33. The third-order valence-corrected chi connectivity index (χ3v) is 6.98. The van der Waals surface area contributed by atoms with E-state index in [0.29, 0.717) is 18.8 Å². The molecule has 0 amide bonds. The van der Waals surface area contributed by atoms with Crippen LogP contribution in [-0.4, -0.2) is 46.7 Å². The van der Waals surface area contributed by atoms with Crippen LogP contribution in [0.5, 0.6) is 0 Å². The number of allylic oxidation sites excluding steroid dienone is 1. The number of aliphatic carboxylic acids is 2. The van der Waals surface area contributed by atoms with Gasteiger partial charge >= 0.3 is 11.9 Å². The smallest absolute Gasteiger partial charge is 0.313 e. The summed E-state index contributed by atoms with van der Waals surface area (Å²) in [6, 6.07) is 0. The van der Waals surface area contributed by atoms with Crippen molar-refractivity contribution in [2.24, 2.45) is 35.0 Å². The summed E-state index contributed by atoms with van der Waals surface area (Å²) in [6.07, 6.45) is 8.19. The quantitative estimate of drug-likeness (QED) is 0.779. The number of fused-ring (bicyclic) bond motifs is 3. The van der Waals surface area contributed by atoms with Gasteiger partial charge in [-0.2, -0.15) is 0 Å². The Morgan fingerprint density at radius 3 is 2.65 bits per heavy atom. The van der Waals surface area contributed by atoms with Gasteiger partial charge in [0.15, 0.2) is 0 Å². The van der Waals surface area contributed by atoms with E-state index in [4.69, 9.17) is 0 Å². The molecule has 0 aromatic carbocycles. The first-order valence-corrected chi connectivity index (χ1v) is 8.87. The van der Waals surface area contributed by atoms with Crippen molar-refractivity contribution in [1.29, 1.82) is 0 Å². The number of hydrogen-bond donors (Lipinski definition) is 2. The second-order valence-corrected chi connectivity index (χ2v) is 8.12. The molecule has 7 atom stereocenters. The summed E-state index contributed by atoms with van der Waals surface area (Å²) >= 11 is 0. The maximum absolute atomic E-state index is 12.2. The van der Waals surface area contributed by atoms with Crippen LogP contribution in [-0.2, 0) is 9.59 Å². The zero-order chi connectivity index (χ0) is 16.2. The lowest BCUT2D eigenvalue weighted by Crippen LogP contribution is -2.48. The molecule has 4 aliphatic rings. The van der Waals surface area contributed by atoms with Gasteiger partial charge in [-0.05, 0) is 62.3 Å². The van der Waals surface area contributed by atoms with Crippen LogP contribution in [0.15, 0.2) is 12.2 Å². The maximum Gasteiger partial charge on any atom is 0.313 e. The molecule has 0 aromatic heterocycles. The molecule has 2 bridgehead atoms. The first kappa shape index (κ1) is 15.2. The van der Waals surface area contributed by atoms with E-state index in [0.717, 1.165) is 32.5 Å². The van der Waals surface area contributed by atoms with Crippen molar-refractivity contribution >= 4 is 11.9 Å². The van der Waals surface area contributed by atoms with E-state index < -0.39 is 17.4 Å². The molecule has 7 unspecified atom stereocenters. The number of rotatable bonds is 3. The summed E-state index contributed by atoms with van der Waals surface area (Å²) in [4.78, 5) is 26.0. The molecule has 3 fully saturated rings. The van der Waals surface area contributed by atoms with Gasteiger partial charge in [-0.3, -0.25) is 9.59 Å². The van der Waals surface area contributed by atoms with Gasteiger partial charge in [-0.15, -0.1) is 0 Å². The molecule has 2 saturated heterocycles. The first-order chi connectivity index (χ1) is 11.0. The number of carboxylic acid groups (broad SMARTS) is 2. The summed E-state index contributed by atoms with van der Waals surface area (Å²) in [5.74, 6) is -0.708. The fourth-order valence-corrected chi connectivity index (χ4v) is 5.78. The van der Waals surface area contributed by atoms with E-state index in [-0.39, 0.29) is 23.7 Å². The topological polar surface area (TPSA) is 77.8 Å². The Balaban J connectivity index is 1.62. The molecule has 126 valence electrons. The molecule has 1 saturated carbocycles. The largest absolute Gasteiger partial charge is 0.481 e. The molecule has 4 rings (SSSR count). The maximum atomic E-state index is 12.2. The normalized spacial score (nSPS) is 48.2. The van der Waals surface area contributed by atoms with Crippen molar-refractivity contribution < 1.29 is 19.8 Å². The van der Waals surface area contributed by atoms with Crippen LogP contribution in [0.4, 0.5) is 0 Å². The lowest BCUT2D eigenvalue weighted by Gasteiger charge is -2.44. The van der Waals surface area contributed by atoms with Crippen LogP contribution in [0, 0.1) is 35.0 Å². The number of nitrogens with zero attached hydrogens (tertiary/aromatic N) is 1. The minimum absolute atomic E-state index is 0.0283. The average molecular weight is 319 g/mol. The Kier molecular flexibility index (Phi) is 3.52. The number of piperidine rings is 1. The van der Waals surface area contributed by atoms with Gasteiger partial charge < -0.3 is 15.1 Å². The Bertz CT molecular complexity index is 547. The fraction of sp³-hybridized carbons (Fsp3) is 0.778. The summed E-state index contributed by atoms with van der Waals surface area (Å²) in [5, 5.41) is 19.4. The standard InChI is InChI=1S/C18H25NO4/c20-16(21)15-2-1-12-8-18(17(22)23,5-3-14(12)15)13-7-11-4-6-19(9-11)10-13/h3,5,11-15H,1-2,4,6-10H2,(H,20,21)(H,22,23). The lowest BCUT2D eigenvalue weighted by molar-refractivity contribution is -0.152. The van der Waals surface area contributed by atoms with E-state index in [1.54, 1.807) is 0 Å². The zero-order valence-electron chi connectivity index (χ0n) is 13.4. The second-order valence-electron chi connectivity index (χ2n) is 8.12. The summed E-state index contributed by atoms with van der Waals surface area (Å²) in [5.41, 5.74) is -0.782. The van der Waals surface area contributed by atoms with E-state index in [1.165, 1.54) is 6.42 Å². The van der Waals surface area contributed by atoms with Crippen LogP contribution < -0.4 is 0 Å². The molecule has 0 spiro atoms. The summed E-state index contributed by atoms with van der Waals surface area (Å²) < 4.78 is 0. The Labute approximate surface area is 136 Å². The zero-order valence-corrected chi connectivity index (χ0v) is 13.4. The Hall–Kier alpha value is -1.36. The number of hydrogen-bond acceptors (Lipinski definition) is 3. The molecular weight excluding hydrogens is 294 g/mol. The molecule has 0 aromatic rings. The third kappa shape index (κ3) is 2.32. The molecule has 23 heavy (non-hydrogen) atoms. The van der Waals surface area contributed by atoms with Gasteiger partial charge in [-0.1, -0.05) is 12.2 Å². The minimum Gasteiger partial charge on any atom is -0.481 e. The van der Waals surface area contributed by atoms with Gasteiger partial charge in [-0.25, -0.2) is 0 Å². The van der Waals surface area contributed by atoms with Crippen molar-refractivity contribution in [2.75, 3.05) is 19.6 Å². The highest BCUT2D eigenvalue weighted by molar-refractivity contribution is 5.78. The van der Waals surface area contributed by atoms with Crippen molar-refractivity contribution in [3.63, 3.8) is 0 Å². The Morgan fingerprint density at radius 2 is 1.96 bits per heavy atom. The summed E-state index contributed by atoms with van der Waals surface area (Å²) in [7, 11) is 0. The molecule has 2 heterocycles. The highest BCUT2D eigenvalue weighted by Gasteiger charge is 2.54.